The zero-order valence-electron chi connectivity index (χ0n) is 11.2. The quantitative estimate of drug-likeness (QED) is 0.846. The van der Waals surface area contributed by atoms with Gasteiger partial charge < -0.3 is 5.32 Å². The average Bonchev–Trinajstić information content (AvgIpc) is 2.45. The summed E-state index contributed by atoms with van der Waals surface area (Å²) in [6, 6.07) is 12.4. The van der Waals surface area contributed by atoms with Crippen LogP contribution in [0, 0.1) is 0 Å². The van der Waals surface area contributed by atoms with Crippen molar-refractivity contribution in [2.24, 2.45) is 0 Å². The smallest absolute Gasteiger partial charge is 0.131 e. The van der Waals surface area contributed by atoms with Crippen LogP contribution in [0.1, 0.15) is 31.2 Å². The highest BCUT2D eigenvalue weighted by atomic mass is 79.9. The fourth-order valence-corrected chi connectivity index (χ4v) is 2.29. The number of hydrogen-bond acceptors (Lipinski definition) is 3. The summed E-state index contributed by atoms with van der Waals surface area (Å²) >= 11 is 3.41. The molecule has 1 aromatic carbocycles. The van der Waals surface area contributed by atoms with Crippen molar-refractivity contribution in [2.45, 2.75) is 26.2 Å². The number of nitrogens with zero attached hydrogens (tertiary/aromatic N) is 2. The van der Waals surface area contributed by atoms with Crippen LogP contribution < -0.4 is 5.32 Å². The minimum absolute atomic E-state index is 0.444. The number of halogens is 1. The summed E-state index contributed by atoms with van der Waals surface area (Å²) in [5, 5.41) is 3.38. The second-order valence-electron chi connectivity index (χ2n) is 4.54. The summed E-state index contributed by atoms with van der Waals surface area (Å²) in [5.74, 6) is 2.17. The molecule has 100 valence electrons. The Bertz CT molecular complexity index is 528. The molecular formula is C15H18BrN3. The standard InChI is InChI=1S/C15H18BrN3/c1-3-14-18-13(16)9-15(19-14)17-10-11(2)12-7-5-4-6-8-12/h4-9,11H,3,10H2,1-2H3,(H,17,18,19). The maximum Gasteiger partial charge on any atom is 0.131 e. The predicted molar refractivity (Wildman–Crippen MR) is 82.5 cm³/mol. The SMILES string of the molecule is CCc1nc(Br)cc(NCC(C)c2ccccc2)n1. The first-order valence-corrected chi connectivity index (χ1v) is 7.30. The number of rotatable bonds is 5. The first-order chi connectivity index (χ1) is 9.19. The largest absolute Gasteiger partial charge is 0.369 e. The van der Waals surface area contributed by atoms with Gasteiger partial charge in [0.1, 0.15) is 16.2 Å². The van der Waals surface area contributed by atoms with Gasteiger partial charge in [-0.25, -0.2) is 9.97 Å². The number of hydrogen-bond donors (Lipinski definition) is 1. The van der Waals surface area contributed by atoms with E-state index in [-0.39, 0.29) is 0 Å². The lowest BCUT2D eigenvalue weighted by Gasteiger charge is -2.14. The Morgan fingerprint density at radius 2 is 1.95 bits per heavy atom. The third-order valence-electron chi connectivity index (χ3n) is 3.02. The van der Waals surface area contributed by atoms with Crippen LogP contribution in [0.25, 0.3) is 0 Å². The van der Waals surface area contributed by atoms with Gasteiger partial charge in [0, 0.05) is 19.0 Å². The first kappa shape index (κ1) is 14.0. The number of aromatic nitrogens is 2. The Labute approximate surface area is 122 Å². The molecule has 4 heteroatoms. The van der Waals surface area contributed by atoms with Crippen molar-refractivity contribution in [1.29, 1.82) is 0 Å². The van der Waals surface area contributed by atoms with Gasteiger partial charge in [-0.3, -0.25) is 0 Å². The Hall–Kier alpha value is -1.42. The molecule has 1 atom stereocenters. The van der Waals surface area contributed by atoms with E-state index >= 15 is 0 Å². The van der Waals surface area contributed by atoms with E-state index in [1.807, 2.05) is 12.1 Å². The van der Waals surface area contributed by atoms with E-state index in [1.54, 1.807) is 0 Å². The van der Waals surface area contributed by atoms with E-state index in [4.69, 9.17) is 0 Å². The van der Waals surface area contributed by atoms with Crippen LogP contribution in [0.15, 0.2) is 41.0 Å². The topological polar surface area (TPSA) is 37.8 Å². The molecule has 0 radical (unpaired) electrons. The average molecular weight is 320 g/mol. The molecule has 0 aliphatic heterocycles. The summed E-state index contributed by atoms with van der Waals surface area (Å²) in [4.78, 5) is 8.77. The van der Waals surface area contributed by atoms with Gasteiger partial charge in [0.25, 0.3) is 0 Å². The van der Waals surface area contributed by atoms with Gasteiger partial charge >= 0.3 is 0 Å². The molecule has 2 rings (SSSR count). The monoisotopic (exact) mass is 319 g/mol. The molecule has 0 aliphatic rings. The van der Waals surface area contributed by atoms with Crippen LogP contribution >= 0.6 is 15.9 Å². The van der Waals surface area contributed by atoms with Crippen LogP contribution in [0.4, 0.5) is 5.82 Å². The molecule has 0 bridgehead atoms. The number of nitrogens with one attached hydrogen (secondary N) is 1. The van der Waals surface area contributed by atoms with Crippen molar-refractivity contribution in [3.63, 3.8) is 0 Å². The third kappa shape index (κ3) is 4.03. The van der Waals surface area contributed by atoms with Crippen molar-refractivity contribution in [2.75, 3.05) is 11.9 Å². The minimum Gasteiger partial charge on any atom is -0.369 e. The van der Waals surface area contributed by atoms with Crippen LogP contribution in [-0.4, -0.2) is 16.5 Å². The summed E-state index contributed by atoms with van der Waals surface area (Å²) in [7, 11) is 0. The summed E-state index contributed by atoms with van der Waals surface area (Å²) in [6.07, 6.45) is 0.836. The van der Waals surface area contributed by atoms with E-state index in [1.165, 1.54) is 5.56 Å². The molecular weight excluding hydrogens is 302 g/mol. The highest BCUT2D eigenvalue weighted by molar-refractivity contribution is 9.10. The summed E-state index contributed by atoms with van der Waals surface area (Å²) in [6.45, 7) is 5.12. The lowest BCUT2D eigenvalue weighted by molar-refractivity contribution is 0.797. The lowest BCUT2D eigenvalue weighted by Crippen LogP contribution is -2.11. The first-order valence-electron chi connectivity index (χ1n) is 6.51. The molecule has 1 N–H and O–H groups in total. The molecule has 1 heterocycles. The second kappa shape index (κ2) is 6.66. The molecule has 0 spiro atoms. The molecule has 1 unspecified atom stereocenters. The summed E-state index contributed by atoms with van der Waals surface area (Å²) < 4.78 is 0.828. The Balaban J connectivity index is 2.01. The van der Waals surface area contributed by atoms with Crippen molar-refractivity contribution in [3.05, 3.63) is 52.4 Å². The fourth-order valence-electron chi connectivity index (χ4n) is 1.87. The van der Waals surface area contributed by atoms with Crippen LogP contribution in [-0.2, 0) is 6.42 Å². The Kier molecular flexibility index (Phi) is 4.91. The van der Waals surface area contributed by atoms with Gasteiger partial charge in [-0.05, 0) is 27.4 Å². The van der Waals surface area contributed by atoms with E-state index in [9.17, 15) is 0 Å². The molecule has 3 nitrogen and oxygen atoms in total. The van der Waals surface area contributed by atoms with Gasteiger partial charge in [-0.2, -0.15) is 0 Å². The molecule has 0 saturated heterocycles. The Morgan fingerprint density at radius 1 is 1.21 bits per heavy atom. The van der Waals surface area contributed by atoms with Crippen molar-refractivity contribution in [1.82, 2.24) is 9.97 Å². The van der Waals surface area contributed by atoms with Crippen LogP contribution in [0.2, 0.25) is 0 Å². The number of anilines is 1. The predicted octanol–water partition coefficient (Wildman–Crippen LogP) is 4.02. The Morgan fingerprint density at radius 3 is 2.63 bits per heavy atom. The fraction of sp³-hybridized carbons (Fsp3) is 0.333. The van der Waals surface area contributed by atoms with Crippen molar-refractivity contribution in [3.8, 4) is 0 Å². The lowest BCUT2D eigenvalue weighted by atomic mass is 10.0. The number of benzene rings is 1. The van der Waals surface area contributed by atoms with Gasteiger partial charge in [0.05, 0.1) is 0 Å². The second-order valence-corrected chi connectivity index (χ2v) is 5.35. The van der Waals surface area contributed by atoms with Crippen LogP contribution in [0.3, 0.4) is 0 Å². The van der Waals surface area contributed by atoms with Crippen molar-refractivity contribution >= 4 is 21.7 Å². The minimum atomic E-state index is 0.444. The highest BCUT2D eigenvalue weighted by Crippen LogP contribution is 2.17. The maximum atomic E-state index is 4.47. The molecule has 2 aromatic rings. The number of aryl methyl sites for hydroxylation is 1. The van der Waals surface area contributed by atoms with E-state index in [2.05, 4.69) is 69.3 Å². The van der Waals surface area contributed by atoms with E-state index in [0.717, 1.165) is 29.2 Å². The van der Waals surface area contributed by atoms with Crippen LogP contribution in [0.5, 0.6) is 0 Å². The zero-order chi connectivity index (χ0) is 13.7. The van der Waals surface area contributed by atoms with E-state index in [0.29, 0.717) is 5.92 Å². The molecule has 1 aromatic heterocycles. The van der Waals surface area contributed by atoms with Gasteiger partial charge in [0.15, 0.2) is 0 Å². The molecule has 0 amide bonds. The van der Waals surface area contributed by atoms with E-state index < -0.39 is 0 Å². The van der Waals surface area contributed by atoms with Gasteiger partial charge in [-0.1, -0.05) is 44.2 Å². The maximum absolute atomic E-state index is 4.47. The van der Waals surface area contributed by atoms with Gasteiger partial charge in [0.2, 0.25) is 0 Å². The van der Waals surface area contributed by atoms with Crippen molar-refractivity contribution < 1.29 is 0 Å². The molecule has 0 aliphatic carbocycles. The molecule has 0 saturated carbocycles. The highest BCUT2D eigenvalue weighted by Gasteiger charge is 2.06. The van der Waals surface area contributed by atoms with Gasteiger partial charge in [-0.15, -0.1) is 0 Å². The third-order valence-corrected chi connectivity index (χ3v) is 3.42. The molecule has 19 heavy (non-hydrogen) atoms. The zero-order valence-corrected chi connectivity index (χ0v) is 12.8. The summed E-state index contributed by atoms with van der Waals surface area (Å²) in [5.41, 5.74) is 1.33. The normalized spacial score (nSPS) is 12.2. The molecule has 0 fully saturated rings.